The van der Waals surface area contributed by atoms with E-state index in [-0.39, 0.29) is 17.2 Å². The van der Waals surface area contributed by atoms with E-state index in [1.54, 1.807) is 23.9 Å². The molecule has 0 atom stereocenters. The first-order valence-corrected chi connectivity index (χ1v) is 5.61. The Morgan fingerprint density at radius 3 is 2.35 bits per heavy atom. The fraction of sp³-hybridized carbons (Fsp3) is 0.545. The third-order valence-corrected chi connectivity index (χ3v) is 2.92. The highest BCUT2D eigenvalue weighted by molar-refractivity contribution is 5.76. The molecule has 1 aromatic heterocycles. The molecule has 17 heavy (non-hydrogen) atoms. The van der Waals surface area contributed by atoms with Crippen molar-refractivity contribution in [2.75, 3.05) is 48.8 Å². The second-order valence-electron chi connectivity index (χ2n) is 4.14. The number of hydrogen-bond acceptors (Lipinski definition) is 4. The van der Waals surface area contributed by atoms with Crippen LogP contribution in [-0.4, -0.2) is 38.7 Å². The zero-order valence-corrected chi connectivity index (χ0v) is 10.2. The van der Waals surface area contributed by atoms with Crippen LogP contribution in [0.1, 0.15) is 6.92 Å². The summed E-state index contributed by atoms with van der Waals surface area (Å²) in [5.74, 6) is -1.14. The van der Waals surface area contributed by atoms with Gasteiger partial charge < -0.3 is 15.1 Å². The Morgan fingerprint density at radius 2 is 1.76 bits per heavy atom. The Kier molecular flexibility index (Phi) is 3.04. The molecule has 1 aliphatic heterocycles. The van der Waals surface area contributed by atoms with Crippen molar-refractivity contribution in [3.05, 3.63) is 11.8 Å². The number of hydrogen-bond donors (Lipinski definition) is 1. The highest BCUT2D eigenvalue weighted by atomic mass is 19.1. The van der Waals surface area contributed by atoms with Gasteiger partial charge in [-0.15, -0.1) is 0 Å². The minimum absolute atomic E-state index is 0.0223. The summed E-state index contributed by atoms with van der Waals surface area (Å²) in [6, 6.07) is 0. The van der Waals surface area contributed by atoms with Crippen LogP contribution in [0.2, 0.25) is 0 Å². The molecule has 0 saturated heterocycles. The number of aromatic nitrogens is 1. The predicted octanol–water partition coefficient (Wildman–Crippen LogP) is 1.68. The molecule has 0 fully saturated rings. The summed E-state index contributed by atoms with van der Waals surface area (Å²) in [5.41, 5.74) is 0.514. The van der Waals surface area contributed by atoms with Crippen LogP contribution in [0.5, 0.6) is 0 Å². The van der Waals surface area contributed by atoms with Crippen molar-refractivity contribution in [3.63, 3.8) is 0 Å². The molecule has 0 aromatic carbocycles. The van der Waals surface area contributed by atoms with Crippen molar-refractivity contribution in [3.8, 4) is 0 Å². The van der Waals surface area contributed by atoms with Crippen LogP contribution in [0.3, 0.4) is 0 Å². The molecule has 2 rings (SSSR count). The SMILES string of the molecule is CCNc1nc(F)c2c(c1F)N(C)CCN2C. The van der Waals surface area contributed by atoms with E-state index in [2.05, 4.69) is 10.3 Å². The molecule has 0 bridgehead atoms. The molecule has 2 heterocycles. The minimum Gasteiger partial charge on any atom is -0.369 e. The monoisotopic (exact) mass is 242 g/mol. The van der Waals surface area contributed by atoms with Gasteiger partial charge in [0.2, 0.25) is 5.95 Å². The maximum atomic E-state index is 14.2. The van der Waals surface area contributed by atoms with E-state index in [0.717, 1.165) is 0 Å². The summed E-state index contributed by atoms with van der Waals surface area (Å²) in [7, 11) is 3.49. The number of fused-ring (bicyclic) bond motifs is 1. The van der Waals surface area contributed by atoms with Crippen LogP contribution < -0.4 is 15.1 Å². The van der Waals surface area contributed by atoms with E-state index in [9.17, 15) is 8.78 Å². The molecule has 0 unspecified atom stereocenters. The third-order valence-electron chi connectivity index (χ3n) is 2.92. The Balaban J connectivity index is 2.60. The minimum atomic E-state index is -0.633. The lowest BCUT2D eigenvalue weighted by atomic mass is 10.2. The van der Waals surface area contributed by atoms with Crippen LogP contribution in [0, 0.1) is 11.8 Å². The first-order chi connectivity index (χ1) is 8.06. The largest absolute Gasteiger partial charge is 0.369 e. The van der Waals surface area contributed by atoms with Crippen molar-refractivity contribution >= 4 is 17.2 Å². The maximum Gasteiger partial charge on any atom is 0.240 e. The number of rotatable bonds is 2. The first kappa shape index (κ1) is 11.9. The van der Waals surface area contributed by atoms with E-state index >= 15 is 0 Å². The Labute approximate surface area is 99.2 Å². The van der Waals surface area contributed by atoms with Gasteiger partial charge in [0.1, 0.15) is 11.4 Å². The van der Waals surface area contributed by atoms with Crippen molar-refractivity contribution in [1.82, 2.24) is 4.98 Å². The van der Waals surface area contributed by atoms with Crippen molar-refractivity contribution in [2.45, 2.75) is 6.92 Å². The Morgan fingerprint density at radius 1 is 1.18 bits per heavy atom. The molecular weight excluding hydrogens is 226 g/mol. The van der Waals surface area contributed by atoms with E-state index in [4.69, 9.17) is 0 Å². The lowest BCUT2D eigenvalue weighted by molar-refractivity contribution is 0.552. The average molecular weight is 242 g/mol. The Hall–Kier alpha value is -1.59. The molecule has 0 radical (unpaired) electrons. The topological polar surface area (TPSA) is 31.4 Å². The van der Waals surface area contributed by atoms with E-state index in [1.165, 1.54) is 0 Å². The molecule has 0 spiro atoms. The van der Waals surface area contributed by atoms with Gasteiger partial charge in [-0.25, -0.2) is 4.39 Å². The fourth-order valence-electron chi connectivity index (χ4n) is 2.01. The van der Waals surface area contributed by atoms with Gasteiger partial charge >= 0.3 is 0 Å². The van der Waals surface area contributed by atoms with E-state index in [1.807, 2.05) is 6.92 Å². The zero-order valence-electron chi connectivity index (χ0n) is 10.2. The molecule has 1 N–H and O–H groups in total. The molecule has 1 aromatic rings. The lowest BCUT2D eigenvalue weighted by Gasteiger charge is -2.35. The predicted molar refractivity (Wildman–Crippen MR) is 64.9 cm³/mol. The van der Waals surface area contributed by atoms with Gasteiger partial charge in [0.15, 0.2) is 11.6 Å². The lowest BCUT2D eigenvalue weighted by Crippen LogP contribution is -2.38. The van der Waals surface area contributed by atoms with Crippen LogP contribution >= 0.6 is 0 Å². The molecular formula is C11H16F2N4. The van der Waals surface area contributed by atoms with Gasteiger partial charge in [-0.1, -0.05) is 0 Å². The van der Waals surface area contributed by atoms with Gasteiger partial charge in [-0.2, -0.15) is 9.37 Å². The van der Waals surface area contributed by atoms with Gasteiger partial charge in [0.25, 0.3) is 0 Å². The summed E-state index contributed by atoms with van der Waals surface area (Å²) in [6.45, 7) is 3.63. The summed E-state index contributed by atoms with van der Waals surface area (Å²) in [4.78, 5) is 7.05. The highest BCUT2D eigenvalue weighted by Crippen LogP contribution is 2.38. The van der Waals surface area contributed by atoms with Crippen LogP contribution in [0.4, 0.5) is 26.0 Å². The smallest absolute Gasteiger partial charge is 0.240 e. The normalized spacial score (nSPS) is 14.9. The number of likely N-dealkylation sites (N-methyl/N-ethyl adjacent to an activating group) is 2. The van der Waals surface area contributed by atoms with Gasteiger partial charge in [0, 0.05) is 33.7 Å². The standard InChI is InChI=1S/C11H16F2N4/c1-4-14-11-7(12)8-9(10(13)15-11)17(3)6-5-16(8)2/h4-6H2,1-3H3,(H,14,15). The number of nitrogens with one attached hydrogen (secondary N) is 1. The second kappa shape index (κ2) is 4.35. The summed E-state index contributed by atoms with van der Waals surface area (Å²) >= 11 is 0. The molecule has 6 heteroatoms. The number of anilines is 3. The summed E-state index contributed by atoms with van der Waals surface area (Å²) in [5, 5.41) is 2.73. The van der Waals surface area contributed by atoms with E-state index < -0.39 is 11.8 Å². The van der Waals surface area contributed by atoms with Crippen LogP contribution in [-0.2, 0) is 0 Å². The van der Waals surface area contributed by atoms with Crippen molar-refractivity contribution in [2.24, 2.45) is 0 Å². The molecule has 0 amide bonds. The fourth-order valence-corrected chi connectivity index (χ4v) is 2.01. The van der Waals surface area contributed by atoms with Crippen molar-refractivity contribution in [1.29, 1.82) is 0 Å². The molecule has 0 saturated carbocycles. The van der Waals surface area contributed by atoms with Crippen LogP contribution in [0.25, 0.3) is 0 Å². The number of halogens is 2. The first-order valence-electron chi connectivity index (χ1n) is 5.61. The summed E-state index contributed by atoms with van der Waals surface area (Å²) in [6.07, 6.45) is 0. The van der Waals surface area contributed by atoms with E-state index in [0.29, 0.717) is 19.6 Å². The summed E-state index contributed by atoms with van der Waals surface area (Å²) < 4.78 is 28.1. The third kappa shape index (κ3) is 1.87. The number of nitrogens with zero attached hydrogens (tertiary/aromatic N) is 3. The maximum absolute atomic E-state index is 14.2. The zero-order chi connectivity index (χ0) is 12.6. The second-order valence-corrected chi connectivity index (χ2v) is 4.14. The Bertz CT molecular complexity index is 436. The molecule has 1 aliphatic rings. The van der Waals surface area contributed by atoms with Crippen LogP contribution in [0.15, 0.2) is 0 Å². The van der Waals surface area contributed by atoms with Crippen molar-refractivity contribution < 1.29 is 8.78 Å². The highest BCUT2D eigenvalue weighted by Gasteiger charge is 2.28. The quantitative estimate of drug-likeness (QED) is 0.799. The van der Waals surface area contributed by atoms with Gasteiger partial charge in [-0.05, 0) is 6.92 Å². The number of pyridine rings is 1. The molecule has 0 aliphatic carbocycles. The molecule has 4 nitrogen and oxygen atoms in total. The average Bonchev–Trinajstić information content (AvgIpc) is 2.29. The molecule has 94 valence electrons. The van der Waals surface area contributed by atoms with Gasteiger partial charge in [0.05, 0.1) is 0 Å². The van der Waals surface area contributed by atoms with Gasteiger partial charge in [-0.3, -0.25) is 0 Å².